The number of amides is 2. The van der Waals surface area contributed by atoms with E-state index in [9.17, 15) is 19.2 Å². The van der Waals surface area contributed by atoms with Crippen LogP contribution in [0.25, 0.3) is 0 Å². The number of hydrogen-bond acceptors (Lipinski definition) is 7. The molecule has 0 aliphatic rings. The normalized spacial score (nSPS) is 11.5. The van der Waals surface area contributed by atoms with Gasteiger partial charge in [0.1, 0.15) is 18.4 Å². The number of aldehydes is 1. The van der Waals surface area contributed by atoms with Crippen LogP contribution in [0.3, 0.4) is 0 Å². The summed E-state index contributed by atoms with van der Waals surface area (Å²) < 4.78 is 9.92. The number of nitrogens with one attached hydrogen (secondary N) is 2. The van der Waals surface area contributed by atoms with Gasteiger partial charge in [-0.1, -0.05) is 27.7 Å². The van der Waals surface area contributed by atoms with Crippen LogP contribution in [0.5, 0.6) is 0 Å². The van der Waals surface area contributed by atoms with Gasteiger partial charge >= 0.3 is 12.1 Å². The van der Waals surface area contributed by atoms with Crippen molar-refractivity contribution in [2.24, 2.45) is 5.73 Å². The van der Waals surface area contributed by atoms with Gasteiger partial charge in [0.15, 0.2) is 0 Å². The average molecular weight is 434 g/mol. The predicted molar refractivity (Wildman–Crippen MR) is 118 cm³/mol. The standard InChI is InChI=1S/C17H31N3O6.2C2H6/c1-4-25-17(24)20-13(8-5-6-10-18)15(22)19-14(9-7-11-21)16(23)26-12(2)3;2*1-2/h11-14H,4-10,18H2,1-3H3,(H,19,22)(H,20,24);2*1-2H3/t13-,14?;;/m0../s1. The molecule has 1 unspecified atom stereocenters. The fraction of sp³-hybridized carbons (Fsp3) is 0.810. The Morgan fingerprint density at radius 3 is 2.03 bits per heavy atom. The van der Waals surface area contributed by atoms with Crippen molar-refractivity contribution in [3.63, 3.8) is 0 Å². The van der Waals surface area contributed by atoms with E-state index in [4.69, 9.17) is 15.2 Å². The number of carbonyl (C=O) groups excluding carboxylic acids is 4. The summed E-state index contributed by atoms with van der Waals surface area (Å²) in [6.45, 7) is 13.7. The molecule has 9 nitrogen and oxygen atoms in total. The maximum atomic E-state index is 12.5. The Balaban J connectivity index is -0.00000171. The van der Waals surface area contributed by atoms with Gasteiger partial charge in [-0.15, -0.1) is 0 Å². The van der Waals surface area contributed by atoms with Crippen LogP contribution < -0.4 is 16.4 Å². The molecule has 0 rings (SSSR count). The van der Waals surface area contributed by atoms with Crippen LogP contribution in [0, 0.1) is 0 Å². The first-order valence-electron chi connectivity index (χ1n) is 10.9. The van der Waals surface area contributed by atoms with E-state index in [0.717, 1.165) is 0 Å². The van der Waals surface area contributed by atoms with Crippen LogP contribution in [0.1, 0.15) is 80.6 Å². The smallest absolute Gasteiger partial charge is 0.407 e. The largest absolute Gasteiger partial charge is 0.461 e. The van der Waals surface area contributed by atoms with E-state index in [0.29, 0.717) is 32.1 Å². The van der Waals surface area contributed by atoms with E-state index in [1.165, 1.54) is 0 Å². The van der Waals surface area contributed by atoms with Gasteiger partial charge in [0.2, 0.25) is 5.91 Å². The minimum absolute atomic E-state index is 0.0985. The zero-order chi connectivity index (χ0) is 23.9. The van der Waals surface area contributed by atoms with Crippen LogP contribution in [0.4, 0.5) is 4.79 Å². The summed E-state index contributed by atoms with van der Waals surface area (Å²) in [6.07, 6.45) is 1.48. The van der Waals surface area contributed by atoms with Gasteiger partial charge in [-0.05, 0) is 53.0 Å². The molecule has 0 aliphatic heterocycles. The van der Waals surface area contributed by atoms with Crippen molar-refractivity contribution in [2.45, 2.75) is 98.8 Å². The minimum atomic E-state index is -0.962. The fourth-order valence-corrected chi connectivity index (χ4v) is 2.15. The third-order valence-electron chi connectivity index (χ3n) is 3.36. The molecule has 0 aliphatic carbocycles. The molecule has 0 aromatic carbocycles. The minimum Gasteiger partial charge on any atom is -0.461 e. The van der Waals surface area contributed by atoms with Crippen molar-refractivity contribution >= 4 is 24.3 Å². The highest BCUT2D eigenvalue weighted by molar-refractivity contribution is 5.89. The highest BCUT2D eigenvalue weighted by Crippen LogP contribution is 2.06. The second-order valence-electron chi connectivity index (χ2n) is 5.99. The van der Waals surface area contributed by atoms with Gasteiger partial charge in [-0.2, -0.15) is 0 Å². The van der Waals surface area contributed by atoms with Gasteiger partial charge < -0.3 is 30.6 Å². The van der Waals surface area contributed by atoms with Crippen molar-refractivity contribution in [3.8, 4) is 0 Å². The molecule has 0 saturated heterocycles. The molecule has 0 saturated carbocycles. The monoisotopic (exact) mass is 433 g/mol. The Kier molecular flexibility index (Phi) is 25.1. The number of rotatable bonds is 13. The molecular formula is C21H43N3O6. The maximum Gasteiger partial charge on any atom is 0.407 e. The number of ether oxygens (including phenoxy) is 2. The molecule has 0 aromatic rings. The topological polar surface area (TPSA) is 137 Å². The lowest BCUT2D eigenvalue weighted by molar-refractivity contribution is -0.151. The summed E-state index contributed by atoms with van der Waals surface area (Å²) in [7, 11) is 0. The average Bonchev–Trinajstić information content (AvgIpc) is 2.72. The molecule has 0 heterocycles. The molecule has 30 heavy (non-hydrogen) atoms. The number of nitrogens with two attached hydrogens (primary N) is 1. The van der Waals surface area contributed by atoms with E-state index < -0.39 is 30.1 Å². The molecular weight excluding hydrogens is 390 g/mol. The maximum absolute atomic E-state index is 12.5. The first kappa shape index (κ1) is 32.5. The molecule has 2 amide bonds. The van der Waals surface area contributed by atoms with Crippen LogP contribution in [0.15, 0.2) is 0 Å². The van der Waals surface area contributed by atoms with Crippen molar-refractivity contribution in [3.05, 3.63) is 0 Å². The number of esters is 1. The third kappa shape index (κ3) is 17.9. The highest BCUT2D eigenvalue weighted by Gasteiger charge is 2.28. The second-order valence-corrected chi connectivity index (χ2v) is 5.99. The number of carbonyl (C=O) groups is 4. The summed E-state index contributed by atoms with van der Waals surface area (Å²) in [5, 5.41) is 5.04. The zero-order valence-electron chi connectivity index (χ0n) is 19.8. The van der Waals surface area contributed by atoms with E-state index in [-0.39, 0.29) is 25.6 Å². The van der Waals surface area contributed by atoms with E-state index in [2.05, 4.69) is 10.6 Å². The lowest BCUT2D eigenvalue weighted by Gasteiger charge is -2.23. The quantitative estimate of drug-likeness (QED) is 0.231. The molecule has 9 heteroatoms. The summed E-state index contributed by atoms with van der Waals surface area (Å²) in [6, 6.07) is -1.83. The summed E-state index contributed by atoms with van der Waals surface area (Å²) >= 11 is 0. The summed E-state index contributed by atoms with van der Waals surface area (Å²) in [5.41, 5.74) is 5.45. The molecule has 178 valence electrons. The van der Waals surface area contributed by atoms with Crippen molar-refractivity contribution in [1.82, 2.24) is 10.6 Å². The summed E-state index contributed by atoms with van der Waals surface area (Å²) in [5.74, 6) is -1.15. The van der Waals surface area contributed by atoms with Crippen LogP contribution in [0.2, 0.25) is 0 Å². The van der Waals surface area contributed by atoms with Crippen LogP contribution in [-0.2, 0) is 23.9 Å². The van der Waals surface area contributed by atoms with Gasteiger partial charge in [-0.25, -0.2) is 9.59 Å². The number of hydrogen-bond donors (Lipinski definition) is 3. The molecule has 0 aromatic heterocycles. The van der Waals surface area contributed by atoms with Gasteiger partial charge in [0.25, 0.3) is 0 Å². The molecule has 2 atom stereocenters. The van der Waals surface area contributed by atoms with Gasteiger partial charge in [-0.3, -0.25) is 4.79 Å². The summed E-state index contributed by atoms with van der Waals surface area (Å²) in [4.78, 5) is 46.9. The van der Waals surface area contributed by atoms with Crippen molar-refractivity contribution in [2.75, 3.05) is 13.2 Å². The Morgan fingerprint density at radius 2 is 1.57 bits per heavy atom. The first-order chi connectivity index (χ1) is 14.3. The molecule has 0 bridgehead atoms. The Hall–Kier alpha value is -2.16. The van der Waals surface area contributed by atoms with E-state index in [1.54, 1.807) is 20.8 Å². The Labute approximate surface area is 181 Å². The third-order valence-corrected chi connectivity index (χ3v) is 3.36. The van der Waals surface area contributed by atoms with Crippen LogP contribution >= 0.6 is 0 Å². The van der Waals surface area contributed by atoms with Crippen LogP contribution in [-0.4, -0.2) is 55.6 Å². The van der Waals surface area contributed by atoms with Gasteiger partial charge in [0, 0.05) is 6.42 Å². The fourth-order valence-electron chi connectivity index (χ4n) is 2.15. The first-order valence-corrected chi connectivity index (χ1v) is 10.9. The SMILES string of the molecule is CC.CC.CCOC(=O)N[C@@H](CCCCN)C(=O)NC(CCC=O)C(=O)OC(C)C. The van der Waals surface area contributed by atoms with Crippen molar-refractivity contribution in [1.29, 1.82) is 0 Å². The molecule has 0 spiro atoms. The van der Waals surface area contributed by atoms with Crippen molar-refractivity contribution < 1.29 is 28.7 Å². The molecule has 4 N–H and O–H groups in total. The Bertz CT molecular complexity index is 458. The van der Waals surface area contributed by atoms with E-state index >= 15 is 0 Å². The lowest BCUT2D eigenvalue weighted by atomic mass is 10.1. The molecule has 0 fully saturated rings. The molecule has 0 radical (unpaired) electrons. The predicted octanol–water partition coefficient (Wildman–Crippen LogP) is 2.70. The highest BCUT2D eigenvalue weighted by atomic mass is 16.5. The second kappa shape index (κ2) is 23.1. The lowest BCUT2D eigenvalue weighted by Crippen LogP contribution is -2.52. The number of unbranched alkanes of at least 4 members (excludes halogenated alkanes) is 1. The zero-order valence-corrected chi connectivity index (χ0v) is 19.8. The number of alkyl carbamates (subject to hydrolysis) is 1. The van der Waals surface area contributed by atoms with Gasteiger partial charge in [0.05, 0.1) is 12.7 Å². The Morgan fingerprint density at radius 1 is 0.967 bits per heavy atom. The van der Waals surface area contributed by atoms with E-state index in [1.807, 2.05) is 27.7 Å².